The highest BCUT2D eigenvalue weighted by molar-refractivity contribution is 5.58. The molecule has 0 bridgehead atoms. The highest BCUT2D eigenvalue weighted by Gasteiger charge is 2.31. The van der Waals surface area contributed by atoms with E-state index >= 15 is 0 Å². The average molecular weight is 226 g/mol. The molecule has 0 aromatic carbocycles. The number of alkyl halides is 3. The lowest BCUT2D eigenvalue weighted by Crippen LogP contribution is -2.15. The highest BCUT2D eigenvalue weighted by Crippen LogP contribution is 2.27. The van der Waals surface area contributed by atoms with E-state index in [2.05, 4.69) is 4.98 Å². The Kier molecular flexibility index (Phi) is 3.00. The van der Waals surface area contributed by atoms with Crippen LogP contribution in [0.15, 0.2) is 6.20 Å². The van der Waals surface area contributed by atoms with Crippen molar-refractivity contribution in [2.45, 2.75) is 12.6 Å². The molecule has 2 N–H and O–H groups in total. The van der Waals surface area contributed by atoms with E-state index in [0.717, 1.165) is 6.20 Å². The van der Waals surface area contributed by atoms with Crippen molar-refractivity contribution in [2.75, 3.05) is 5.73 Å². The van der Waals surface area contributed by atoms with Crippen LogP contribution >= 0.6 is 0 Å². The Morgan fingerprint density at radius 1 is 1.31 bits per heavy atom. The molecule has 0 aliphatic rings. The zero-order valence-corrected chi connectivity index (χ0v) is 7.84. The SMILES string of the molecule is N#Cc1cnc(N)c(C#N)c1CC(F)(F)F. The fraction of sp³-hybridized carbons (Fsp3) is 0.222. The van der Waals surface area contributed by atoms with Gasteiger partial charge in [-0.05, 0) is 0 Å². The van der Waals surface area contributed by atoms with Crippen molar-refractivity contribution in [3.8, 4) is 12.1 Å². The maximum atomic E-state index is 12.2. The number of nitrogens with zero attached hydrogens (tertiary/aromatic N) is 3. The van der Waals surface area contributed by atoms with Gasteiger partial charge in [-0.15, -0.1) is 0 Å². The van der Waals surface area contributed by atoms with Crippen LogP contribution in [0, 0.1) is 22.7 Å². The molecular weight excluding hydrogens is 221 g/mol. The lowest BCUT2D eigenvalue weighted by molar-refractivity contribution is -0.127. The molecule has 0 unspecified atom stereocenters. The predicted molar refractivity (Wildman–Crippen MR) is 47.8 cm³/mol. The van der Waals surface area contributed by atoms with Gasteiger partial charge in [0.05, 0.1) is 17.5 Å². The number of aromatic nitrogens is 1. The molecular formula is C9H5F3N4. The first-order valence-corrected chi connectivity index (χ1v) is 4.03. The highest BCUT2D eigenvalue weighted by atomic mass is 19.4. The Morgan fingerprint density at radius 3 is 2.38 bits per heavy atom. The lowest BCUT2D eigenvalue weighted by atomic mass is 10.0. The number of hydrogen-bond acceptors (Lipinski definition) is 4. The summed E-state index contributed by atoms with van der Waals surface area (Å²) in [5.41, 5.74) is 4.16. The van der Waals surface area contributed by atoms with Crippen LogP contribution in [0.3, 0.4) is 0 Å². The molecule has 0 spiro atoms. The van der Waals surface area contributed by atoms with Gasteiger partial charge in [0.15, 0.2) is 0 Å². The molecule has 1 aromatic rings. The van der Waals surface area contributed by atoms with Crippen molar-refractivity contribution >= 4 is 5.82 Å². The first-order valence-electron chi connectivity index (χ1n) is 4.03. The van der Waals surface area contributed by atoms with Crippen molar-refractivity contribution < 1.29 is 13.2 Å². The van der Waals surface area contributed by atoms with Gasteiger partial charge in [-0.1, -0.05) is 0 Å². The van der Waals surface area contributed by atoms with E-state index in [1.165, 1.54) is 6.07 Å². The standard InChI is InChI=1S/C9H5F3N4/c10-9(11,12)1-6-5(2-13)4-16-8(15)7(6)3-14/h4H,1H2,(H2,15,16). The molecule has 0 atom stereocenters. The van der Waals surface area contributed by atoms with Gasteiger partial charge < -0.3 is 5.73 Å². The maximum absolute atomic E-state index is 12.2. The van der Waals surface area contributed by atoms with E-state index in [4.69, 9.17) is 16.3 Å². The number of anilines is 1. The summed E-state index contributed by atoms with van der Waals surface area (Å²) in [5.74, 6) is -0.305. The number of rotatable bonds is 1. The first kappa shape index (κ1) is 11.8. The minimum Gasteiger partial charge on any atom is -0.383 e. The van der Waals surface area contributed by atoms with E-state index in [1.807, 2.05) is 0 Å². The van der Waals surface area contributed by atoms with Crippen molar-refractivity contribution in [2.24, 2.45) is 0 Å². The van der Waals surface area contributed by atoms with Gasteiger partial charge in [-0.3, -0.25) is 0 Å². The quantitative estimate of drug-likeness (QED) is 0.786. The Labute approximate surface area is 88.7 Å². The van der Waals surface area contributed by atoms with Crippen molar-refractivity contribution in [1.82, 2.24) is 4.98 Å². The molecule has 16 heavy (non-hydrogen) atoms. The predicted octanol–water partition coefficient (Wildman–Crippen LogP) is 1.51. The van der Waals surface area contributed by atoms with Crippen LogP contribution in [0.4, 0.5) is 19.0 Å². The van der Waals surface area contributed by atoms with E-state index in [1.54, 1.807) is 6.07 Å². The Bertz CT molecular complexity index is 493. The van der Waals surface area contributed by atoms with Gasteiger partial charge in [0.25, 0.3) is 0 Å². The fourth-order valence-electron chi connectivity index (χ4n) is 1.17. The molecule has 0 saturated heterocycles. The molecule has 0 radical (unpaired) electrons. The van der Waals surface area contributed by atoms with Gasteiger partial charge >= 0.3 is 6.18 Å². The van der Waals surface area contributed by atoms with E-state index in [-0.39, 0.29) is 11.4 Å². The molecule has 0 aliphatic carbocycles. The molecule has 1 heterocycles. The number of pyridine rings is 1. The molecule has 1 rings (SSSR count). The van der Waals surface area contributed by atoms with Crippen molar-refractivity contribution in [3.63, 3.8) is 0 Å². The first-order chi connectivity index (χ1) is 7.39. The summed E-state index contributed by atoms with van der Waals surface area (Å²) in [6.07, 6.45) is -4.95. The largest absolute Gasteiger partial charge is 0.393 e. The van der Waals surface area contributed by atoms with Crippen LogP contribution in [0.25, 0.3) is 0 Å². The van der Waals surface area contributed by atoms with Crippen LogP contribution in [-0.2, 0) is 6.42 Å². The van der Waals surface area contributed by atoms with Gasteiger partial charge in [0.2, 0.25) is 0 Å². The zero-order valence-electron chi connectivity index (χ0n) is 7.84. The van der Waals surface area contributed by atoms with Crippen molar-refractivity contribution in [3.05, 3.63) is 22.9 Å². The fourth-order valence-corrected chi connectivity index (χ4v) is 1.17. The summed E-state index contributed by atoms with van der Waals surface area (Å²) in [5, 5.41) is 17.3. The molecule has 4 nitrogen and oxygen atoms in total. The molecule has 1 aromatic heterocycles. The molecule has 0 amide bonds. The third-order valence-electron chi connectivity index (χ3n) is 1.83. The normalized spacial score (nSPS) is 10.6. The number of nitriles is 2. The summed E-state index contributed by atoms with van der Waals surface area (Å²) in [6, 6.07) is 3.07. The second kappa shape index (κ2) is 4.07. The molecule has 82 valence electrons. The van der Waals surface area contributed by atoms with E-state index in [9.17, 15) is 13.2 Å². The van der Waals surface area contributed by atoms with Crippen LogP contribution in [-0.4, -0.2) is 11.2 Å². The second-order valence-corrected chi connectivity index (χ2v) is 2.93. The van der Waals surface area contributed by atoms with Crippen molar-refractivity contribution in [1.29, 1.82) is 10.5 Å². The zero-order chi connectivity index (χ0) is 12.3. The Morgan fingerprint density at radius 2 is 1.94 bits per heavy atom. The summed E-state index contributed by atoms with van der Waals surface area (Å²) < 4.78 is 36.7. The molecule has 0 aliphatic heterocycles. The van der Waals surface area contributed by atoms with Gasteiger partial charge in [0.1, 0.15) is 18.0 Å². The van der Waals surface area contributed by atoms with Crippen LogP contribution in [0.1, 0.15) is 16.7 Å². The monoisotopic (exact) mass is 226 g/mol. The maximum Gasteiger partial charge on any atom is 0.393 e. The van der Waals surface area contributed by atoms with E-state index < -0.39 is 23.7 Å². The average Bonchev–Trinajstić information content (AvgIpc) is 2.16. The Hall–Kier alpha value is -2.28. The van der Waals surface area contributed by atoms with Crippen LogP contribution in [0.2, 0.25) is 0 Å². The second-order valence-electron chi connectivity index (χ2n) is 2.93. The topological polar surface area (TPSA) is 86.5 Å². The number of halogens is 3. The van der Waals surface area contributed by atoms with Gasteiger partial charge in [-0.2, -0.15) is 23.7 Å². The van der Waals surface area contributed by atoms with Crippen LogP contribution < -0.4 is 5.73 Å². The molecule has 0 fully saturated rings. The van der Waals surface area contributed by atoms with Crippen LogP contribution in [0.5, 0.6) is 0 Å². The summed E-state index contributed by atoms with van der Waals surface area (Å²) in [7, 11) is 0. The molecule has 0 saturated carbocycles. The number of nitrogens with two attached hydrogens (primary N) is 1. The van der Waals surface area contributed by atoms with E-state index in [0.29, 0.717) is 0 Å². The summed E-state index contributed by atoms with van der Waals surface area (Å²) in [4.78, 5) is 3.48. The summed E-state index contributed by atoms with van der Waals surface area (Å²) >= 11 is 0. The number of nitrogen functional groups attached to an aromatic ring is 1. The minimum atomic E-state index is -4.51. The smallest absolute Gasteiger partial charge is 0.383 e. The third kappa shape index (κ3) is 2.39. The summed E-state index contributed by atoms with van der Waals surface area (Å²) in [6.45, 7) is 0. The molecule has 7 heteroatoms. The minimum absolute atomic E-state index is 0.289. The number of hydrogen-bond donors (Lipinski definition) is 1. The lowest BCUT2D eigenvalue weighted by Gasteiger charge is -2.10. The Balaban J connectivity index is 3.40. The van der Waals surface area contributed by atoms with Gasteiger partial charge in [0, 0.05) is 11.8 Å². The van der Waals surface area contributed by atoms with Gasteiger partial charge in [-0.25, -0.2) is 4.98 Å². The third-order valence-corrected chi connectivity index (χ3v) is 1.83.